The van der Waals surface area contributed by atoms with Crippen LogP contribution in [0.3, 0.4) is 0 Å². The summed E-state index contributed by atoms with van der Waals surface area (Å²) < 4.78 is 45.8. The predicted molar refractivity (Wildman–Crippen MR) is 106 cm³/mol. The van der Waals surface area contributed by atoms with Gasteiger partial charge in [-0.15, -0.1) is 0 Å². The Morgan fingerprint density at radius 2 is 1.77 bits per heavy atom. The number of benzene rings is 3. The molecule has 4 rings (SSSR count). The van der Waals surface area contributed by atoms with Gasteiger partial charge in [0, 0.05) is 5.39 Å². The molecule has 0 aliphatic rings. The van der Waals surface area contributed by atoms with Crippen molar-refractivity contribution in [2.75, 3.05) is 10.6 Å². The van der Waals surface area contributed by atoms with Gasteiger partial charge in [0.05, 0.1) is 11.2 Å². The molecule has 3 aromatic carbocycles. The number of rotatable bonds is 5. The Morgan fingerprint density at radius 1 is 0.967 bits per heavy atom. The maximum Gasteiger partial charge on any atom is 0.324 e. The Morgan fingerprint density at radius 3 is 2.57 bits per heavy atom. The molecular formula is C21H15F3N4O2. The van der Waals surface area contributed by atoms with Crippen molar-refractivity contribution in [1.29, 1.82) is 0 Å². The third-order valence-corrected chi connectivity index (χ3v) is 4.30. The van der Waals surface area contributed by atoms with Crippen LogP contribution in [0.15, 0.2) is 60.7 Å². The van der Waals surface area contributed by atoms with Crippen LogP contribution < -0.4 is 15.4 Å². The van der Waals surface area contributed by atoms with E-state index in [4.69, 9.17) is 4.74 Å². The van der Waals surface area contributed by atoms with E-state index in [-0.39, 0.29) is 5.82 Å². The molecule has 0 atom stereocenters. The lowest BCUT2D eigenvalue weighted by Gasteiger charge is -2.09. The molecule has 0 saturated carbocycles. The lowest BCUT2D eigenvalue weighted by molar-refractivity contribution is 0.262. The Bertz CT molecular complexity index is 1210. The fourth-order valence-electron chi connectivity index (χ4n) is 2.80. The summed E-state index contributed by atoms with van der Waals surface area (Å²) in [5.74, 6) is -3.79. The van der Waals surface area contributed by atoms with Crippen molar-refractivity contribution in [3.05, 3.63) is 83.7 Å². The maximum absolute atomic E-state index is 13.7. The van der Waals surface area contributed by atoms with Crippen molar-refractivity contribution >= 4 is 28.4 Å². The number of aromatic nitrogens is 2. The highest BCUT2D eigenvalue weighted by Crippen LogP contribution is 2.26. The Labute approximate surface area is 168 Å². The fourth-order valence-corrected chi connectivity index (χ4v) is 2.80. The zero-order valence-electron chi connectivity index (χ0n) is 15.4. The summed E-state index contributed by atoms with van der Waals surface area (Å²) in [6.45, 7) is 0.364. The summed E-state index contributed by atoms with van der Waals surface area (Å²) in [7, 11) is 0. The van der Waals surface area contributed by atoms with Crippen LogP contribution in [-0.4, -0.2) is 16.2 Å². The number of fused-ring (bicyclic) bond motifs is 1. The lowest BCUT2D eigenvalue weighted by Crippen LogP contribution is -2.21. The van der Waals surface area contributed by atoms with Crippen LogP contribution in [0.25, 0.3) is 10.9 Å². The highest BCUT2D eigenvalue weighted by Gasteiger charge is 2.16. The van der Waals surface area contributed by atoms with Gasteiger partial charge in [-0.3, -0.25) is 10.4 Å². The number of H-pyrrole nitrogens is 1. The van der Waals surface area contributed by atoms with Crippen LogP contribution in [0.1, 0.15) is 5.56 Å². The number of nitrogens with one attached hydrogen (secondary N) is 3. The van der Waals surface area contributed by atoms with E-state index >= 15 is 0 Å². The van der Waals surface area contributed by atoms with Gasteiger partial charge in [-0.05, 0) is 35.9 Å². The molecule has 0 saturated heterocycles. The van der Waals surface area contributed by atoms with Gasteiger partial charge in [0.2, 0.25) is 0 Å². The third-order valence-electron chi connectivity index (χ3n) is 4.30. The smallest absolute Gasteiger partial charge is 0.324 e. The van der Waals surface area contributed by atoms with Gasteiger partial charge in [-0.2, -0.15) is 5.10 Å². The van der Waals surface area contributed by atoms with Gasteiger partial charge >= 0.3 is 6.03 Å². The second-order valence-corrected chi connectivity index (χ2v) is 6.36. The molecule has 1 heterocycles. The number of hydrogen-bond acceptors (Lipinski definition) is 3. The molecule has 0 unspecified atom stereocenters. The summed E-state index contributed by atoms with van der Waals surface area (Å²) in [6, 6.07) is 15.6. The van der Waals surface area contributed by atoms with E-state index in [2.05, 4.69) is 20.8 Å². The van der Waals surface area contributed by atoms with Gasteiger partial charge in [0.15, 0.2) is 23.3 Å². The molecule has 0 fully saturated rings. The highest BCUT2D eigenvalue weighted by atomic mass is 19.2. The molecule has 3 N–H and O–H groups in total. The first-order valence-corrected chi connectivity index (χ1v) is 8.87. The minimum absolute atomic E-state index is 0.163. The Kier molecular flexibility index (Phi) is 5.25. The minimum atomic E-state index is -1.67. The third kappa shape index (κ3) is 4.04. The molecule has 4 aromatic rings. The van der Waals surface area contributed by atoms with Crippen molar-refractivity contribution in [3.8, 4) is 5.75 Å². The van der Waals surface area contributed by atoms with E-state index in [0.29, 0.717) is 29.3 Å². The van der Waals surface area contributed by atoms with Gasteiger partial charge < -0.3 is 10.1 Å². The highest BCUT2D eigenvalue weighted by molar-refractivity contribution is 6.04. The van der Waals surface area contributed by atoms with Gasteiger partial charge in [0.25, 0.3) is 0 Å². The number of aromatic amines is 1. The Hall–Kier alpha value is -4.01. The summed E-state index contributed by atoms with van der Waals surface area (Å²) >= 11 is 0. The number of hydrogen-bond donors (Lipinski definition) is 3. The number of nitrogens with zero attached hydrogens (tertiary/aromatic N) is 1. The molecule has 0 aliphatic carbocycles. The van der Waals surface area contributed by atoms with E-state index in [1.54, 1.807) is 18.2 Å². The SMILES string of the molecule is O=C(Nc1ccc(F)c(F)c1F)Nc1n[nH]c2ccc(OCc3ccccc3)cc12. The molecule has 6 nitrogen and oxygen atoms in total. The van der Waals surface area contributed by atoms with Crippen LogP contribution in [-0.2, 0) is 6.61 Å². The largest absolute Gasteiger partial charge is 0.489 e. The molecular weight excluding hydrogens is 397 g/mol. The predicted octanol–water partition coefficient (Wildman–Crippen LogP) is 5.20. The molecule has 0 radical (unpaired) electrons. The zero-order chi connectivity index (χ0) is 21.1. The number of halogens is 3. The van der Waals surface area contributed by atoms with E-state index in [9.17, 15) is 18.0 Å². The fraction of sp³-hybridized carbons (Fsp3) is 0.0476. The molecule has 9 heteroatoms. The molecule has 2 amide bonds. The van der Waals surface area contributed by atoms with E-state index in [1.165, 1.54) is 0 Å². The quantitative estimate of drug-likeness (QED) is 0.394. The molecule has 152 valence electrons. The maximum atomic E-state index is 13.7. The monoisotopic (exact) mass is 412 g/mol. The molecule has 1 aromatic heterocycles. The number of amides is 2. The summed E-state index contributed by atoms with van der Waals surface area (Å²) in [5, 5.41) is 11.9. The number of ether oxygens (including phenoxy) is 1. The molecule has 0 aliphatic heterocycles. The van der Waals surface area contributed by atoms with Crippen molar-refractivity contribution in [1.82, 2.24) is 10.2 Å². The van der Waals surface area contributed by atoms with Crippen LogP contribution >= 0.6 is 0 Å². The van der Waals surface area contributed by atoms with Crippen molar-refractivity contribution in [2.45, 2.75) is 6.61 Å². The molecule has 30 heavy (non-hydrogen) atoms. The van der Waals surface area contributed by atoms with Gasteiger partial charge in [0.1, 0.15) is 12.4 Å². The topological polar surface area (TPSA) is 79.0 Å². The second-order valence-electron chi connectivity index (χ2n) is 6.36. The van der Waals surface area contributed by atoms with Crippen LogP contribution in [0, 0.1) is 17.5 Å². The average molecular weight is 412 g/mol. The van der Waals surface area contributed by atoms with Crippen LogP contribution in [0.2, 0.25) is 0 Å². The molecule has 0 spiro atoms. The van der Waals surface area contributed by atoms with Crippen molar-refractivity contribution in [2.24, 2.45) is 0 Å². The van der Waals surface area contributed by atoms with Crippen LogP contribution in [0.5, 0.6) is 5.75 Å². The second kappa shape index (κ2) is 8.16. The number of anilines is 2. The first kappa shape index (κ1) is 19.3. The van der Waals surface area contributed by atoms with Crippen molar-refractivity contribution in [3.63, 3.8) is 0 Å². The number of carbonyl (C=O) groups excluding carboxylic acids is 1. The normalized spacial score (nSPS) is 10.8. The average Bonchev–Trinajstić information content (AvgIpc) is 3.15. The first-order chi connectivity index (χ1) is 14.5. The van der Waals surface area contributed by atoms with Gasteiger partial charge in [-0.1, -0.05) is 30.3 Å². The van der Waals surface area contributed by atoms with Crippen molar-refractivity contribution < 1.29 is 22.7 Å². The number of urea groups is 1. The summed E-state index contributed by atoms with van der Waals surface area (Å²) in [6.07, 6.45) is 0. The minimum Gasteiger partial charge on any atom is -0.489 e. The zero-order valence-corrected chi connectivity index (χ0v) is 15.4. The Balaban J connectivity index is 1.48. The first-order valence-electron chi connectivity index (χ1n) is 8.87. The summed E-state index contributed by atoms with van der Waals surface area (Å²) in [5.41, 5.74) is 1.13. The standard InChI is InChI=1S/C21H15F3N4O2/c22-15-7-9-17(19(24)18(15)23)25-21(29)26-20-14-10-13(6-8-16(14)27-28-20)30-11-12-4-2-1-3-5-12/h1-10H,11H2,(H3,25,26,27,28,29). The van der Waals surface area contributed by atoms with E-state index in [1.807, 2.05) is 30.3 Å². The summed E-state index contributed by atoms with van der Waals surface area (Å²) in [4.78, 5) is 12.2. The van der Waals surface area contributed by atoms with Gasteiger partial charge in [-0.25, -0.2) is 18.0 Å². The number of carbonyl (C=O) groups is 1. The van der Waals surface area contributed by atoms with E-state index in [0.717, 1.165) is 11.6 Å². The van der Waals surface area contributed by atoms with E-state index < -0.39 is 29.2 Å². The molecule has 0 bridgehead atoms. The van der Waals surface area contributed by atoms with Crippen LogP contribution in [0.4, 0.5) is 29.5 Å². The lowest BCUT2D eigenvalue weighted by atomic mass is 10.2.